The summed E-state index contributed by atoms with van der Waals surface area (Å²) in [4.78, 5) is 11.4. The Labute approximate surface area is 79.2 Å². The fourth-order valence-corrected chi connectivity index (χ4v) is 1.12. The second-order valence-corrected chi connectivity index (χ2v) is 3.42. The van der Waals surface area contributed by atoms with Gasteiger partial charge in [0.25, 0.3) is 0 Å². The fourth-order valence-electron chi connectivity index (χ4n) is 1.12. The third-order valence-electron chi connectivity index (χ3n) is 2.28. The molecule has 3 nitrogen and oxygen atoms in total. The standard InChI is InChI=1S/C10H17NO2/c1-3-8(2)10(12)11-9-5-4-6-13-7-9/h7-8H,3-6H2,1-2H3,(H,11,12). The molecule has 74 valence electrons. The highest BCUT2D eigenvalue weighted by molar-refractivity contribution is 5.79. The number of carbonyl (C=O) groups excluding carboxylic acids is 1. The Morgan fingerprint density at radius 1 is 1.77 bits per heavy atom. The van der Waals surface area contributed by atoms with Gasteiger partial charge in [0.2, 0.25) is 5.91 Å². The van der Waals surface area contributed by atoms with Crippen molar-refractivity contribution < 1.29 is 9.53 Å². The summed E-state index contributed by atoms with van der Waals surface area (Å²) in [6, 6.07) is 0. The van der Waals surface area contributed by atoms with Gasteiger partial charge >= 0.3 is 0 Å². The Morgan fingerprint density at radius 3 is 3.08 bits per heavy atom. The maximum Gasteiger partial charge on any atom is 0.227 e. The van der Waals surface area contributed by atoms with Crippen molar-refractivity contribution in [1.29, 1.82) is 0 Å². The molecule has 1 aliphatic heterocycles. The monoisotopic (exact) mass is 183 g/mol. The maximum atomic E-state index is 11.4. The molecule has 0 spiro atoms. The largest absolute Gasteiger partial charge is 0.499 e. The van der Waals surface area contributed by atoms with Crippen LogP contribution < -0.4 is 5.32 Å². The van der Waals surface area contributed by atoms with Gasteiger partial charge in [-0.3, -0.25) is 4.79 Å². The molecule has 0 bridgehead atoms. The lowest BCUT2D eigenvalue weighted by molar-refractivity contribution is -0.123. The second-order valence-electron chi connectivity index (χ2n) is 3.42. The number of carbonyl (C=O) groups is 1. The SMILES string of the molecule is CCC(C)C(=O)NC1=COCCC1. The van der Waals surface area contributed by atoms with E-state index in [2.05, 4.69) is 5.32 Å². The van der Waals surface area contributed by atoms with Crippen molar-refractivity contribution >= 4 is 5.91 Å². The molecule has 0 aromatic carbocycles. The van der Waals surface area contributed by atoms with Crippen LogP contribution in [0.3, 0.4) is 0 Å². The summed E-state index contributed by atoms with van der Waals surface area (Å²) in [7, 11) is 0. The van der Waals surface area contributed by atoms with Gasteiger partial charge in [-0.2, -0.15) is 0 Å². The number of amides is 1. The zero-order chi connectivity index (χ0) is 9.68. The summed E-state index contributed by atoms with van der Waals surface area (Å²) in [5.41, 5.74) is 0.913. The molecule has 1 aliphatic rings. The van der Waals surface area contributed by atoms with Crippen LogP contribution in [0.2, 0.25) is 0 Å². The van der Waals surface area contributed by atoms with Crippen LogP contribution in [-0.2, 0) is 9.53 Å². The predicted molar refractivity (Wildman–Crippen MR) is 50.9 cm³/mol. The van der Waals surface area contributed by atoms with Gasteiger partial charge in [-0.1, -0.05) is 13.8 Å². The minimum Gasteiger partial charge on any atom is -0.499 e. The van der Waals surface area contributed by atoms with Gasteiger partial charge in [-0.05, 0) is 19.3 Å². The summed E-state index contributed by atoms with van der Waals surface area (Å²) in [6.45, 7) is 4.71. The highest BCUT2D eigenvalue weighted by atomic mass is 16.5. The van der Waals surface area contributed by atoms with Gasteiger partial charge in [0, 0.05) is 5.92 Å². The summed E-state index contributed by atoms with van der Waals surface area (Å²) >= 11 is 0. The van der Waals surface area contributed by atoms with E-state index in [4.69, 9.17) is 4.74 Å². The van der Waals surface area contributed by atoms with Crippen molar-refractivity contribution in [2.24, 2.45) is 5.92 Å². The molecule has 1 N–H and O–H groups in total. The van der Waals surface area contributed by atoms with E-state index in [1.165, 1.54) is 0 Å². The first-order valence-electron chi connectivity index (χ1n) is 4.85. The van der Waals surface area contributed by atoms with Crippen molar-refractivity contribution in [3.63, 3.8) is 0 Å². The Balaban J connectivity index is 2.39. The quantitative estimate of drug-likeness (QED) is 0.724. The smallest absolute Gasteiger partial charge is 0.227 e. The molecular weight excluding hydrogens is 166 g/mol. The van der Waals surface area contributed by atoms with E-state index < -0.39 is 0 Å². The minimum atomic E-state index is 0.0860. The van der Waals surface area contributed by atoms with E-state index in [0.717, 1.165) is 31.6 Å². The van der Waals surface area contributed by atoms with Crippen LogP contribution in [0.25, 0.3) is 0 Å². The van der Waals surface area contributed by atoms with Gasteiger partial charge in [0.05, 0.1) is 12.3 Å². The molecule has 1 heterocycles. The van der Waals surface area contributed by atoms with E-state index in [0.29, 0.717) is 0 Å². The lowest BCUT2D eigenvalue weighted by atomic mass is 10.1. The normalized spacial score (nSPS) is 18.5. The molecule has 0 aliphatic carbocycles. The molecule has 1 atom stereocenters. The molecule has 13 heavy (non-hydrogen) atoms. The number of hydrogen-bond acceptors (Lipinski definition) is 2. The van der Waals surface area contributed by atoms with E-state index in [1.807, 2.05) is 13.8 Å². The molecule has 0 fully saturated rings. The third kappa shape index (κ3) is 3.09. The van der Waals surface area contributed by atoms with Crippen LogP contribution >= 0.6 is 0 Å². The average molecular weight is 183 g/mol. The van der Waals surface area contributed by atoms with Gasteiger partial charge in [0.15, 0.2) is 0 Å². The highest BCUT2D eigenvalue weighted by Crippen LogP contribution is 2.10. The minimum absolute atomic E-state index is 0.0860. The zero-order valence-corrected chi connectivity index (χ0v) is 8.30. The van der Waals surface area contributed by atoms with E-state index >= 15 is 0 Å². The lowest BCUT2D eigenvalue weighted by Crippen LogP contribution is -2.29. The van der Waals surface area contributed by atoms with Crippen molar-refractivity contribution in [1.82, 2.24) is 5.32 Å². The van der Waals surface area contributed by atoms with E-state index in [1.54, 1.807) is 6.26 Å². The highest BCUT2D eigenvalue weighted by Gasteiger charge is 2.13. The zero-order valence-electron chi connectivity index (χ0n) is 8.30. The Kier molecular flexibility index (Phi) is 3.80. The fraction of sp³-hybridized carbons (Fsp3) is 0.700. The molecule has 0 aromatic heterocycles. The van der Waals surface area contributed by atoms with Crippen LogP contribution in [-0.4, -0.2) is 12.5 Å². The molecule has 0 saturated carbocycles. The summed E-state index contributed by atoms with van der Waals surface area (Å²) < 4.78 is 5.12. The van der Waals surface area contributed by atoms with Gasteiger partial charge in [-0.25, -0.2) is 0 Å². The first kappa shape index (κ1) is 10.1. The second kappa shape index (κ2) is 4.90. The van der Waals surface area contributed by atoms with Crippen molar-refractivity contribution in [2.75, 3.05) is 6.61 Å². The van der Waals surface area contributed by atoms with Gasteiger partial charge in [0.1, 0.15) is 6.26 Å². The molecule has 1 rings (SSSR count). The molecule has 1 amide bonds. The number of hydrogen-bond donors (Lipinski definition) is 1. The van der Waals surface area contributed by atoms with E-state index in [-0.39, 0.29) is 11.8 Å². The molecule has 0 radical (unpaired) electrons. The molecular formula is C10H17NO2. The van der Waals surface area contributed by atoms with Crippen LogP contribution in [0, 0.1) is 5.92 Å². The van der Waals surface area contributed by atoms with Gasteiger partial charge in [-0.15, -0.1) is 0 Å². The van der Waals surface area contributed by atoms with Gasteiger partial charge < -0.3 is 10.1 Å². The molecule has 3 heteroatoms. The lowest BCUT2D eigenvalue weighted by Gasteiger charge is -2.16. The van der Waals surface area contributed by atoms with Crippen molar-refractivity contribution in [3.05, 3.63) is 12.0 Å². The summed E-state index contributed by atoms with van der Waals surface area (Å²) in [5, 5.41) is 2.87. The number of ether oxygens (including phenoxy) is 1. The first-order chi connectivity index (χ1) is 6.24. The Morgan fingerprint density at radius 2 is 2.54 bits per heavy atom. The molecule has 0 aromatic rings. The van der Waals surface area contributed by atoms with Crippen LogP contribution in [0.4, 0.5) is 0 Å². The summed E-state index contributed by atoms with van der Waals surface area (Å²) in [6.07, 6.45) is 4.44. The number of allylic oxidation sites excluding steroid dienone is 1. The molecule has 0 saturated heterocycles. The predicted octanol–water partition coefficient (Wildman–Crippen LogP) is 1.80. The van der Waals surface area contributed by atoms with E-state index in [9.17, 15) is 4.79 Å². The number of rotatable bonds is 3. The first-order valence-corrected chi connectivity index (χ1v) is 4.85. The van der Waals surface area contributed by atoms with Crippen molar-refractivity contribution in [2.45, 2.75) is 33.1 Å². The maximum absolute atomic E-state index is 11.4. The third-order valence-corrected chi connectivity index (χ3v) is 2.28. The Hall–Kier alpha value is -0.990. The number of nitrogens with one attached hydrogen (secondary N) is 1. The Bertz CT molecular complexity index is 211. The average Bonchev–Trinajstić information content (AvgIpc) is 2.18. The molecule has 1 unspecified atom stereocenters. The summed E-state index contributed by atoms with van der Waals surface area (Å²) in [5.74, 6) is 0.182. The van der Waals surface area contributed by atoms with Crippen LogP contribution in [0.1, 0.15) is 33.1 Å². The van der Waals surface area contributed by atoms with Crippen LogP contribution in [0.15, 0.2) is 12.0 Å². The van der Waals surface area contributed by atoms with Crippen molar-refractivity contribution in [3.8, 4) is 0 Å². The topological polar surface area (TPSA) is 38.3 Å². The van der Waals surface area contributed by atoms with Crippen LogP contribution in [0.5, 0.6) is 0 Å².